The SMILES string of the molecule is FC(F)(F)Oc1ccc2c(c1)SC(C1CCCCC1)N2. The molecule has 1 fully saturated rings. The topological polar surface area (TPSA) is 21.3 Å². The number of rotatable bonds is 2. The summed E-state index contributed by atoms with van der Waals surface area (Å²) in [5.74, 6) is 0.461. The van der Waals surface area contributed by atoms with Gasteiger partial charge in [0.1, 0.15) is 5.75 Å². The van der Waals surface area contributed by atoms with Crippen molar-refractivity contribution in [2.75, 3.05) is 5.32 Å². The number of anilines is 1. The van der Waals surface area contributed by atoms with Gasteiger partial charge in [0, 0.05) is 10.6 Å². The van der Waals surface area contributed by atoms with Crippen LogP contribution in [0.1, 0.15) is 32.1 Å². The van der Waals surface area contributed by atoms with Gasteiger partial charge >= 0.3 is 6.36 Å². The first-order chi connectivity index (χ1) is 9.51. The van der Waals surface area contributed by atoms with E-state index >= 15 is 0 Å². The summed E-state index contributed by atoms with van der Waals surface area (Å²) in [5.41, 5.74) is 0.917. The fourth-order valence-electron chi connectivity index (χ4n) is 2.89. The number of thioether (sulfide) groups is 1. The summed E-state index contributed by atoms with van der Waals surface area (Å²) in [6.45, 7) is 0. The molecule has 1 unspecified atom stereocenters. The first-order valence-corrected chi connectivity index (χ1v) is 7.72. The van der Waals surface area contributed by atoms with E-state index in [-0.39, 0.29) is 11.1 Å². The fraction of sp³-hybridized carbons (Fsp3) is 0.571. The molecule has 0 saturated heterocycles. The molecular formula is C14H16F3NOS. The Labute approximate surface area is 120 Å². The minimum absolute atomic E-state index is 0.144. The molecule has 6 heteroatoms. The van der Waals surface area contributed by atoms with Gasteiger partial charge in [0.2, 0.25) is 0 Å². The average molecular weight is 303 g/mol. The second-order valence-corrected chi connectivity index (χ2v) is 6.47. The second-order valence-electron chi connectivity index (χ2n) is 5.29. The van der Waals surface area contributed by atoms with Crippen LogP contribution in [0.15, 0.2) is 23.1 Å². The van der Waals surface area contributed by atoms with Crippen LogP contribution in [0.2, 0.25) is 0 Å². The summed E-state index contributed by atoms with van der Waals surface area (Å²) < 4.78 is 40.6. The third kappa shape index (κ3) is 3.16. The smallest absolute Gasteiger partial charge is 0.406 e. The number of nitrogens with one attached hydrogen (secondary N) is 1. The van der Waals surface area contributed by atoms with E-state index in [2.05, 4.69) is 10.1 Å². The fourth-order valence-corrected chi connectivity index (χ4v) is 4.25. The maximum atomic E-state index is 12.2. The summed E-state index contributed by atoms with van der Waals surface area (Å²) in [7, 11) is 0. The zero-order chi connectivity index (χ0) is 14.2. The Kier molecular flexibility index (Phi) is 3.75. The molecule has 1 heterocycles. The molecule has 20 heavy (non-hydrogen) atoms. The summed E-state index contributed by atoms with van der Waals surface area (Å²) in [5, 5.41) is 3.70. The molecule has 0 spiro atoms. The number of alkyl halides is 3. The van der Waals surface area contributed by atoms with Gasteiger partial charge in [-0.1, -0.05) is 31.0 Å². The Morgan fingerprint density at radius 2 is 1.90 bits per heavy atom. The van der Waals surface area contributed by atoms with Gasteiger partial charge in [-0.2, -0.15) is 0 Å². The molecule has 2 nitrogen and oxygen atoms in total. The lowest BCUT2D eigenvalue weighted by atomic mass is 9.89. The first-order valence-electron chi connectivity index (χ1n) is 6.84. The van der Waals surface area contributed by atoms with Crippen LogP contribution in [0.4, 0.5) is 18.9 Å². The van der Waals surface area contributed by atoms with Crippen LogP contribution in [-0.4, -0.2) is 11.7 Å². The van der Waals surface area contributed by atoms with Crippen molar-refractivity contribution in [2.45, 2.75) is 48.7 Å². The molecule has 1 aromatic rings. The molecule has 1 N–H and O–H groups in total. The van der Waals surface area contributed by atoms with Crippen molar-refractivity contribution in [3.05, 3.63) is 18.2 Å². The molecule has 1 aliphatic carbocycles. The Morgan fingerprint density at radius 3 is 2.60 bits per heavy atom. The van der Waals surface area contributed by atoms with Gasteiger partial charge in [-0.15, -0.1) is 13.2 Å². The van der Waals surface area contributed by atoms with E-state index in [1.54, 1.807) is 17.8 Å². The average Bonchev–Trinajstić information content (AvgIpc) is 2.81. The Bertz CT molecular complexity index is 486. The summed E-state index contributed by atoms with van der Waals surface area (Å²) in [4.78, 5) is 0.849. The number of halogens is 3. The molecule has 1 aliphatic heterocycles. The number of benzene rings is 1. The van der Waals surface area contributed by atoms with E-state index < -0.39 is 6.36 Å². The van der Waals surface area contributed by atoms with Gasteiger partial charge in [0.05, 0.1) is 5.37 Å². The van der Waals surface area contributed by atoms with E-state index in [0.717, 1.165) is 10.6 Å². The van der Waals surface area contributed by atoms with Crippen LogP contribution >= 0.6 is 11.8 Å². The standard InChI is InChI=1S/C14H16F3NOS/c15-14(16,17)19-10-6-7-11-12(8-10)20-13(18-11)9-4-2-1-3-5-9/h6-9,13,18H,1-5H2. The third-order valence-electron chi connectivity index (χ3n) is 3.82. The Balaban J connectivity index is 1.70. The molecule has 1 atom stereocenters. The second kappa shape index (κ2) is 5.39. The minimum Gasteiger partial charge on any atom is -0.406 e. The van der Waals surface area contributed by atoms with Crippen molar-refractivity contribution >= 4 is 17.4 Å². The normalized spacial score (nSPS) is 23.2. The molecule has 1 saturated carbocycles. The van der Waals surface area contributed by atoms with Crippen molar-refractivity contribution in [1.29, 1.82) is 0 Å². The molecule has 0 radical (unpaired) electrons. The summed E-state index contributed by atoms with van der Waals surface area (Å²) in [6.07, 6.45) is 1.57. The van der Waals surface area contributed by atoms with Crippen molar-refractivity contribution in [3.63, 3.8) is 0 Å². The van der Waals surface area contributed by atoms with Crippen molar-refractivity contribution < 1.29 is 17.9 Å². The zero-order valence-corrected chi connectivity index (χ0v) is 11.7. The van der Waals surface area contributed by atoms with Gasteiger partial charge in [-0.3, -0.25) is 0 Å². The molecule has 1 aromatic carbocycles. The van der Waals surface area contributed by atoms with Crippen molar-refractivity contribution in [3.8, 4) is 5.75 Å². The van der Waals surface area contributed by atoms with Crippen LogP contribution in [0, 0.1) is 5.92 Å². The monoisotopic (exact) mass is 303 g/mol. The van der Waals surface area contributed by atoms with Crippen LogP contribution in [0.25, 0.3) is 0 Å². The number of fused-ring (bicyclic) bond motifs is 1. The molecule has 2 aliphatic rings. The number of ether oxygens (including phenoxy) is 1. The van der Waals surface area contributed by atoms with Crippen LogP contribution in [0.3, 0.4) is 0 Å². The molecule has 3 rings (SSSR count). The molecule has 0 aromatic heterocycles. The lowest BCUT2D eigenvalue weighted by Crippen LogP contribution is -2.24. The minimum atomic E-state index is -4.63. The highest BCUT2D eigenvalue weighted by atomic mass is 32.2. The van der Waals surface area contributed by atoms with Crippen LogP contribution in [0.5, 0.6) is 5.75 Å². The highest BCUT2D eigenvalue weighted by Crippen LogP contribution is 2.46. The van der Waals surface area contributed by atoms with Gasteiger partial charge in [0.15, 0.2) is 0 Å². The first kappa shape index (κ1) is 13.9. The highest BCUT2D eigenvalue weighted by Gasteiger charge is 2.33. The van der Waals surface area contributed by atoms with E-state index in [9.17, 15) is 13.2 Å². The zero-order valence-electron chi connectivity index (χ0n) is 10.9. The Morgan fingerprint density at radius 1 is 1.15 bits per heavy atom. The maximum absolute atomic E-state index is 12.2. The quantitative estimate of drug-likeness (QED) is 0.830. The van der Waals surface area contributed by atoms with Crippen LogP contribution < -0.4 is 10.1 Å². The van der Waals surface area contributed by atoms with Gasteiger partial charge < -0.3 is 10.1 Å². The Hall–Kier alpha value is -1.04. The molecule has 0 amide bonds. The molecular weight excluding hydrogens is 287 g/mol. The third-order valence-corrected chi connectivity index (χ3v) is 5.16. The van der Waals surface area contributed by atoms with E-state index in [0.29, 0.717) is 5.92 Å². The number of hydrogen-bond donors (Lipinski definition) is 1. The summed E-state index contributed by atoms with van der Waals surface area (Å²) in [6, 6.07) is 4.51. The lowest BCUT2D eigenvalue weighted by Gasteiger charge is -2.26. The maximum Gasteiger partial charge on any atom is 0.573 e. The van der Waals surface area contributed by atoms with Crippen molar-refractivity contribution in [2.24, 2.45) is 5.92 Å². The predicted molar refractivity (Wildman–Crippen MR) is 73.0 cm³/mol. The van der Waals surface area contributed by atoms with Gasteiger partial charge in [-0.05, 0) is 37.0 Å². The number of hydrogen-bond acceptors (Lipinski definition) is 3. The molecule has 110 valence electrons. The highest BCUT2D eigenvalue weighted by molar-refractivity contribution is 8.00. The summed E-state index contributed by atoms with van der Waals surface area (Å²) >= 11 is 1.62. The van der Waals surface area contributed by atoms with Gasteiger partial charge in [0.25, 0.3) is 0 Å². The lowest BCUT2D eigenvalue weighted by molar-refractivity contribution is -0.274. The molecule has 0 bridgehead atoms. The van der Waals surface area contributed by atoms with E-state index in [4.69, 9.17) is 0 Å². The van der Waals surface area contributed by atoms with Crippen LogP contribution in [-0.2, 0) is 0 Å². The van der Waals surface area contributed by atoms with E-state index in [1.807, 2.05) is 0 Å². The predicted octanol–water partition coefficient (Wildman–Crippen LogP) is 5.01. The largest absolute Gasteiger partial charge is 0.573 e. The van der Waals surface area contributed by atoms with Crippen molar-refractivity contribution in [1.82, 2.24) is 0 Å². The van der Waals surface area contributed by atoms with E-state index in [1.165, 1.54) is 44.2 Å². The van der Waals surface area contributed by atoms with Gasteiger partial charge in [-0.25, -0.2) is 0 Å².